The van der Waals surface area contributed by atoms with E-state index in [1.54, 1.807) is 46.2 Å². The highest BCUT2D eigenvalue weighted by Gasteiger charge is 2.24. The normalized spacial score (nSPS) is 14.4. The van der Waals surface area contributed by atoms with Crippen molar-refractivity contribution >= 4 is 37.5 Å². The largest absolute Gasteiger partial charge is 0.356 e. The van der Waals surface area contributed by atoms with Gasteiger partial charge in [-0.2, -0.15) is 5.10 Å². The van der Waals surface area contributed by atoms with Crippen LogP contribution in [0.3, 0.4) is 0 Å². The molecule has 1 aliphatic heterocycles. The number of anilines is 1. The number of sulfonamides is 1. The summed E-state index contributed by atoms with van der Waals surface area (Å²) in [6.07, 6.45) is 6.63. The number of halogens is 1. The van der Waals surface area contributed by atoms with Crippen LogP contribution in [0.4, 0.5) is 5.69 Å². The van der Waals surface area contributed by atoms with E-state index >= 15 is 0 Å². The number of carbonyl (C=O) groups excluding carboxylic acids is 1. The van der Waals surface area contributed by atoms with Crippen molar-refractivity contribution in [1.29, 1.82) is 0 Å². The summed E-state index contributed by atoms with van der Waals surface area (Å²) in [6, 6.07) is 8.32. The maximum atomic E-state index is 12.9. The summed E-state index contributed by atoms with van der Waals surface area (Å²) < 4.78 is 30.6. The number of carbonyl (C=O) groups is 1. The minimum atomic E-state index is -3.88. The summed E-state index contributed by atoms with van der Waals surface area (Å²) >= 11 is 3.33. The third-order valence-corrected chi connectivity index (χ3v) is 6.29. The van der Waals surface area contributed by atoms with Gasteiger partial charge >= 0.3 is 0 Å². The molecule has 8 nitrogen and oxygen atoms in total. The number of aromatic amines is 1. The van der Waals surface area contributed by atoms with Gasteiger partial charge in [-0.3, -0.25) is 9.52 Å². The van der Waals surface area contributed by atoms with E-state index in [0.717, 1.165) is 17.3 Å². The first kappa shape index (κ1) is 18.8. The molecule has 1 amide bonds. The zero-order chi connectivity index (χ0) is 19.7. The molecule has 10 heteroatoms. The molecule has 1 saturated heterocycles. The molecule has 0 bridgehead atoms. The Morgan fingerprint density at radius 3 is 2.68 bits per heavy atom. The van der Waals surface area contributed by atoms with E-state index in [4.69, 9.17) is 0 Å². The van der Waals surface area contributed by atoms with Crippen LogP contribution in [0.15, 0.2) is 58.3 Å². The maximum Gasteiger partial charge on any atom is 0.270 e. The van der Waals surface area contributed by atoms with Gasteiger partial charge in [-0.05, 0) is 47.0 Å². The molecule has 28 heavy (non-hydrogen) atoms. The predicted octanol–water partition coefficient (Wildman–Crippen LogP) is 3.00. The van der Waals surface area contributed by atoms with Gasteiger partial charge in [0.1, 0.15) is 10.6 Å². The van der Waals surface area contributed by atoms with Crippen molar-refractivity contribution < 1.29 is 13.2 Å². The van der Waals surface area contributed by atoms with Crippen LogP contribution in [-0.2, 0) is 10.0 Å². The fourth-order valence-electron chi connectivity index (χ4n) is 3.14. The zero-order valence-corrected chi connectivity index (χ0v) is 17.2. The van der Waals surface area contributed by atoms with Gasteiger partial charge in [-0.1, -0.05) is 12.1 Å². The van der Waals surface area contributed by atoms with Gasteiger partial charge in [-0.15, -0.1) is 0 Å². The number of H-pyrrole nitrogens is 1. The molecule has 0 saturated carbocycles. The molecule has 1 aromatic carbocycles. The van der Waals surface area contributed by atoms with Crippen molar-refractivity contribution in [1.82, 2.24) is 19.7 Å². The third-order valence-electron chi connectivity index (χ3n) is 4.54. The minimum absolute atomic E-state index is 0.00601. The van der Waals surface area contributed by atoms with Crippen molar-refractivity contribution in [3.8, 4) is 5.69 Å². The number of para-hydroxylation sites is 2. The standard InChI is InChI=1S/C18H18BrN5O3S/c19-13-10-21-24(12-13)17-6-2-1-5-15(17)22-28(26,27)14-9-16(20-11-14)18(25)23-7-3-4-8-23/h1-2,5-6,9-12,20,22H,3-4,7-8H2. The van der Waals surface area contributed by atoms with Crippen molar-refractivity contribution in [3.05, 3.63) is 59.1 Å². The highest BCUT2D eigenvalue weighted by Crippen LogP contribution is 2.25. The Kier molecular flexibility index (Phi) is 4.98. The van der Waals surface area contributed by atoms with Gasteiger partial charge in [0.05, 0.1) is 22.0 Å². The summed E-state index contributed by atoms with van der Waals surface area (Å²) in [6.45, 7) is 1.40. The average Bonchev–Trinajstić information content (AvgIpc) is 3.43. The van der Waals surface area contributed by atoms with Gasteiger partial charge < -0.3 is 9.88 Å². The second-order valence-electron chi connectivity index (χ2n) is 6.47. The van der Waals surface area contributed by atoms with Crippen molar-refractivity contribution in [2.45, 2.75) is 17.7 Å². The average molecular weight is 464 g/mol. The van der Waals surface area contributed by atoms with Gasteiger partial charge in [0.2, 0.25) is 0 Å². The Bertz CT molecular complexity index is 1120. The van der Waals surface area contributed by atoms with Crippen LogP contribution >= 0.6 is 15.9 Å². The molecule has 0 atom stereocenters. The topological polar surface area (TPSA) is 100 Å². The van der Waals surface area contributed by atoms with Gasteiger partial charge in [0.15, 0.2) is 0 Å². The summed E-state index contributed by atoms with van der Waals surface area (Å²) in [5, 5.41) is 4.20. The molecular weight excluding hydrogens is 446 g/mol. The molecule has 0 aliphatic carbocycles. The Morgan fingerprint density at radius 2 is 1.96 bits per heavy atom. The molecule has 2 aromatic heterocycles. The Morgan fingerprint density at radius 1 is 1.21 bits per heavy atom. The van der Waals surface area contributed by atoms with E-state index in [1.807, 2.05) is 0 Å². The quantitative estimate of drug-likeness (QED) is 0.607. The Labute approximate surface area is 170 Å². The van der Waals surface area contributed by atoms with E-state index in [-0.39, 0.29) is 16.5 Å². The van der Waals surface area contributed by atoms with Crippen molar-refractivity contribution in [2.75, 3.05) is 17.8 Å². The number of nitrogens with one attached hydrogen (secondary N) is 2. The first-order valence-corrected chi connectivity index (χ1v) is 11.0. The van der Waals surface area contributed by atoms with Crippen LogP contribution in [-0.4, -0.2) is 47.1 Å². The zero-order valence-electron chi connectivity index (χ0n) is 14.8. The van der Waals surface area contributed by atoms with E-state index in [2.05, 4.69) is 30.7 Å². The molecule has 0 unspecified atom stereocenters. The monoisotopic (exact) mass is 463 g/mol. The predicted molar refractivity (Wildman–Crippen MR) is 108 cm³/mol. The number of hydrogen-bond donors (Lipinski definition) is 2. The lowest BCUT2D eigenvalue weighted by Gasteiger charge is -2.13. The first-order chi connectivity index (χ1) is 13.4. The highest BCUT2D eigenvalue weighted by molar-refractivity contribution is 9.10. The molecule has 2 N–H and O–H groups in total. The second-order valence-corrected chi connectivity index (χ2v) is 9.07. The van der Waals surface area contributed by atoms with E-state index in [9.17, 15) is 13.2 Å². The van der Waals surface area contributed by atoms with Crippen molar-refractivity contribution in [2.24, 2.45) is 0 Å². The number of benzene rings is 1. The third kappa shape index (κ3) is 3.69. The minimum Gasteiger partial charge on any atom is -0.356 e. The van der Waals surface area contributed by atoms with Crippen molar-refractivity contribution in [3.63, 3.8) is 0 Å². The number of rotatable bonds is 5. The van der Waals surface area contributed by atoms with Crippen LogP contribution in [0.1, 0.15) is 23.3 Å². The fraction of sp³-hybridized carbons (Fsp3) is 0.222. The number of amides is 1. The lowest BCUT2D eigenvalue weighted by Crippen LogP contribution is -2.27. The Hall–Kier alpha value is -2.59. The van der Waals surface area contributed by atoms with E-state index in [1.165, 1.54) is 12.3 Å². The molecule has 1 aliphatic rings. The molecule has 146 valence electrons. The first-order valence-electron chi connectivity index (χ1n) is 8.74. The smallest absolute Gasteiger partial charge is 0.270 e. The Balaban J connectivity index is 1.60. The summed E-state index contributed by atoms with van der Waals surface area (Å²) in [5.41, 5.74) is 1.24. The number of likely N-dealkylation sites (tertiary alicyclic amines) is 1. The van der Waals surface area contributed by atoms with Crippen LogP contribution in [0, 0.1) is 0 Å². The van der Waals surface area contributed by atoms with Gasteiger partial charge in [-0.25, -0.2) is 13.1 Å². The lowest BCUT2D eigenvalue weighted by molar-refractivity contribution is 0.0787. The molecule has 0 radical (unpaired) electrons. The molecule has 1 fully saturated rings. The molecule has 0 spiro atoms. The lowest BCUT2D eigenvalue weighted by atomic mass is 10.3. The summed E-state index contributed by atoms with van der Waals surface area (Å²) in [4.78, 5) is 17.0. The number of nitrogens with zero attached hydrogens (tertiary/aromatic N) is 3. The summed E-state index contributed by atoms with van der Waals surface area (Å²) in [5.74, 6) is -0.180. The van der Waals surface area contributed by atoms with Crippen LogP contribution in [0.25, 0.3) is 5.69 Å². The summed E-state index contributed by atoms with van der Waals surface area (Å²) in [7, 11) is -3.88. The maximum absolute atomic E-state index is 12.9. The van der Waals surface area contributed by atoms with E-state index in [0.29, 0.717) is 24.5 Å². The molecular formula is C18H18BrN5O3S. The van der Waals surface area contributed by atoms with Gasteiger partial charge in [0.25, 0.3) is 15.9 Å². The van der Waals surface area contributed by atoms with Crippen LogP contribution in [0.2, 0.25) is 0 Å². The number of hydrogen-bond acceptors (Lipinski definition) is 4. The fourth-order valence-corrected chi connectivity index (χ4v) is 4.49. The molecule has 4 rings (SSSR count). The molecule has 3 aromatic rings. The SMILES string of the molecule is O=C(c1cc(S(=O)(=O)Nc2ccccc2-n2cc(Br)cn2)c[nH]1)N1CCCC1. The van der Waals surface area contributed by atoms with E-state index < -0.39 is 10.0 Å². The molecule has 3 heterocycles. The van der Waals surface area contributed by atoms with Crippen LogP contribution < -0.4 is 4.72 Å². The highest BCUT2D eigenvalue weighted by atomic mass is 79.9. The van der Waals surface area contributed by atoms with Crippen LogP contribution in [0.5, 0.6) is 0 Å². The second kappa shape index (κ2) is 7.44. The number of aromatic nitrogens is 3. The van der Waals surface area contributed by atoms with Gasteiger partial charge in [0, 0.05) is 25.5 Å².